The molecule has 7 nitrogen and oxygen atoms in total. The summed E-state index contributed by atoms with van der Waals surface area (Å²) < 4.78 is 6.24. The maximum Gasteiger partial charge on any atom is 0.328 e. The lowest BCUT2D eigenvalue weighted by Gasteiger charge is -2.35. The fraction of sp³-hybridized carbons (Fsp3) is 0.273. The molecule has 1 amide bonds. The van der Waals surface area contributed by atoms with Crippen LogP contribution in [0.25, 0.3) is 10.8 Å². The maximum atomic E-state index is 13.6. The number of rotatable bonds is 3. The van der Waals surface area contributed by atoms with Gasteiger partial charge in [0.05, 0.1) is 12.5 Å². The Morgan fingerprint density at radius 2 is 1.72 bits per heavy atom. The molecule has 2 aromatic carbocycles. The van der Waals surface area contributed by atoms with Crippen molar-refractivity contribution in [2.45, 2.75) is 32.5 Å². The molecule has 0 N–H and O–H groups in total. The number of hydrogen-bond acceptors (Lipinski definition) is 5. The molecule has 4 rings (SSSR count). The van der Waals surface area contributed by atoms with Gasteiger partial charge < -0.3 is 9.64 Å². The summed E-state index contributed by atoms with van der Waals surface area (Å²) in [7, 11) is 1.32. The number of benzene rings is 2. The van der Waals surface area contributed by atoms with Crippen LogP contribution in [0.5, 0.6) is 0 Å². The highest BCUT2D eigenvalue weighted by Crippen LogP contribution is 2.26. The van der Waals surface area contributed by atoms with Crippen LogP contribution >= 0.6 is 0 Å². The van der Waals surface area contributed by atoms with Crippen molar-refractivity contribution in [2.24, 2.45) is 0 Å². The van der Waals surface area contributed by atoms with Crippen molar-refractivity contribution in [3.63, 3.8) is 0 Å². The number of aryl methyl sites for hydroxylation is 1. The van der Waals surface area contributed by atoms with E-state index in [1.165, 1.54) is 16.7 Å². The molecule has 148 valence electrons. The Kier molecular flexibility index (Phi) is 4.88. The number of carbonyl (C=O) groups is 2. The molecule has 1 aliphatic rings. The van der Waals surface area contributed by atoms with Gasteiger partial charge in [-0.25, -0.2) is 9.48 Å². The van der Waals surface area contributed by atoms with E-state index < -0.39 is 17.9 Å². The van der Waals surface area contributed by atoms with Crippen LogP contribution in [-0.4, -0.2) is 39.7 Å². The Morgan fingerprint density at radius 3 is 2.41 bits per heavy atom. The third-order valence-corrected chi connectivity index (χ3v) is 5.35. The van der Waals surface area contributed by atoms with Gasteiger partial charge in [-0.1, -0.05) is 42.5 Å². The van der Waals surface area contributed by atoms with Crippen LogP contribution in [0.15, 0.2) is 53.3 Å². The Morgan fingerprint density at radius 1 is 1.07 bits per heavy atom. The number of nitrogens with zero attached hydrogens (tertiary/aromatic N) is 3. The highest BCUT2D eigenvalue weighted by Gasteiger charge is 2.37. The van der Waals surface area contributed by atoms with Crippen molar-refractivity contribution in [1.82, 2.24) is 14.7 Å². The molecule has 1 atom stereocenters. The van der Waals surface area contributed by atoms with Gasteiger partial charge in [-0.05, 0) is 24.1 Å². The minimum absolute atomic E-state index is 0.162. The predicted octanol–water partition coefficient (Wildman–Crippen LogP) is 2.16. The van der Waals surface area contributed by atoms with E-state index >= 15 is 0 Å². The normalized spacial score (nSPS) is 15.8. The number of hydrogen-bond donors (Lipinski definition) is 0. The van der Waals surface area contributed by atoms with Crippen molar-refractivity contribution in [2.75, 3.05) is 7.11 Å². The second-order valence-corrected chi connectivity index (χ2v) is 6.96. The number of amides is 1. The minimum atomic E-state index is -0.745. The zero-order valence-corrected chi connectivity index (χ0v) is 16.3. The Labute approximate surface area is 167 Å². The lowest BCUT2D eigenvalue weighted by atomic mass is 9.93. The van der Waals surface area contributed by atoms with Gasteiger partial charge in [0, 0.05) is 24.9 Å². The topological polar surface area (TPSA) is 81.5 Å². The zero-order chi connectivity index (χ0) is 20.5. The predicted molar refractivity (Wildman–Crippen MR) is 108 cm³/mol. The third-order valence-electron chi connectivity index (χ3n) is 5.35. The van der Waals surface area contributed by atoms with E-state index in [-0.39, 0.29) is 17.8 Å². The van der Waals surface area contributed by atoms with Crippen molar-refractivity contribution in [3.8, 4) is 0 Å². The molecule has 0 radical (unpaired) electrons. The lowest BCUT2D eigenvalue weighted by molar-refractivity contribution is -0.146. The van der Waals surface area contributed by atoms with Gasteiger partial charge in [0.15, 0.2) is 5.69 Å². The molecule has 0 saturated heterocycles. The van der Waals surface area contributed by atoms with E-state index in [1.54, 1.807) is 31.2 Å². The molecule has 0 aliphatic carbocycles. The van der Waals surface area contributed by atoms with Crippen LogP contribution in [0.2, 0.25) is 0 Å². The molecule has 7 heteroatoms. The third kappa shape index (κ3) is 3.18. The van der Waals surface area contributed by atoms with Gasteiger partial charge in [0.1, 0.15) is 6.04 Å². The van der Waals surface area contributed by atoms with E-state index in [2.05, 4.69) is 5.10 Å². The van der Waals surface area contributed by atoms with Crippen LogP contribution < -0.4 is 5.56 Å². The number of methoxy groups -OCH3 is 1. The number of aromatic nitrogens is 2. The van der Waals surface area contributed by atoms with Crippen LogP contribution in [0.3, 0.4) is 0 Å². The van der Waals surface area contributed by atoms with Gasteiger partial charge in [0.2, 0.25) is 0 Å². The molecule has 0 saturated carbocycles. The second-order valence-electron chi connectivity index (χ2n) is 6.96. The minimum Gasteiger partial charge on any atom is -0.467 e. The number of ether oxygens (including phenoxy) is 1. The summed E-state index contributed by atoms with van der Waals surface area (Å²) in [6.07, 6.45) is 0.375. The zero-order valence-electron chi connectivity index (χ0n) is 16.3. The first-order valence-electron chi connectivity index (χ1n) is 9.50. The van der Waals surface area contributed by atoms with Crippen LogP contribution in [-0.2, 0) is 29.0 Å². The van der Waals surface area contributed by atoms with Crippen LogP contribution in [0.1, 0.15) is 28.5 Å². The van der Waals surface area contributed by atoms with Crippen molar-refractivity contribution in [1.29, 1.82) is 0 Å². The summed E-state index contributed by atoms with van der Waals surface area (Å²) in [6.45, 7) is 2.41. The first-order chi connectivity index (χ1) is 14.0. The molecular formula is C22H21N3O4. The average Bonchev–Trinajstić information content (AvgIpc) is 2.77. The fourth-order valence-corrected chi connectivity index (χ4v) is 3.83. The number of esters is 1. The smallest absolute Gasteiger partial charge is 0.328 e. The number of carbonyl (C=O) groups excluding carboxylic acids is 2. The molecule has 0 fully saturated rings. The lowest BCUT2D eigenvalue weighted by Crippen LogP contribution is -2.49. The highest BCUT2D eigenvalue weighted by molar-refractivity contribution is 6.06. The molecule has 2 heterocycles. The summed E-state index contributed by atoms with van der Waals surface area (Å²) in [5.74, 6) is -0.866. The van der Waals surface area contributed by atoms with Crippen LogP contribution in [0, 0.1) is 0 Å². The van der Waals surface area contributed by atoms with Gasteiger partial charge in [0.25, 0.3) is 11.5 Å². The van der Waals surface area contributed by atoms with E-state index in [4.69, 9.17) is 4.74 Å². The van der Waals surface area contributed by atoms with Gasteiger partial charge >= 0.3 is 5.97 Å². The molecular weight excluding hydrogens is 370 g/mol. The quantitative estimate of drug-likeness (QED) is 0.639. The molecule has 1 aromatic heterocycles. The summed E-state index contributed by atoms with van der Waals surface area (Å²) in [5, 5.41) is 5.24. The first kappa shape index (κ1) is 18.9. The highest BCUT2D eigenvalue weighted by atomic mass is 16.5. The Bertz CT molecular complexity index is 1170. The summed E-state index contributed by atoms with van der Waals surface area (Å²) >= 11 is 0. The van der Waals surface area contributed by atoms with Gasteiger partial charge in [-0.2, -0.15) is 5.10 Å². The molecule has 0 bridgehead atoms. The van der Waals surface area contributed by atoms with Crippen molar-refractivity contribution >= 4 is 22.6 Å². The van der Waals surface area contributed by atoms with E-state index in [0.717, 1.165) is 11.1 Å². The van der Waals surface area contributed by atoms with E-state index in [1.807, 2.05) is 24.3 Å². The molecule has 0 spiro atoms. The van der Waals surface area contributed by atoms with Crippen molar-refractivity contribution < 1.29 is 14.3 Å². The van der Waals surface area contributed by atoms with E-state index in [0.29, 0.717) is 23.7 Å². The number of fused-ring (bicyclic) bond motifs is 2. The fourth-order valence-electron chi connectivity index (χ4n) is 3.83. The SMILES string of the molecule is CCn1nc(C(=O)N2Cc3ccccc3CC2C(=O)OC)c2ccccc2c1=O. The molecule has 3 aromatic rings. The molecule has 1 aliphatic heterocycles. The first-order valence-corrected chi connectivity index (χ1v) is 9.50. The molecule has 29 heavy (non-hydrogen) atoms. The monoisotopic (exact) mass is 391 g/mol. The van der Waals surface area contributed by atoms with Crippen molar-refractivity contribution in [3.05, 3.63) is 75.7 Å². The van der Waals surface area contributed by atoms with E-state index in [9.17, 15) is 14.4 Å². The summed E-state index contributed by atoms with van der Waals surface area (Å²) in [6, 6.07) is 13.9. The standard InChI is InChI=1S/C22H21N3O4/c1-3-25-20(26)17-11-7-6-10-16(17)19(23-25)21(27)24-13-15-9-5-4-8-14(15)12-18(24)22(28)29-2/h4-11,18H,3,12-13H2,1-2H3. The second kappa shape index (κ2) is 7.50. The molecule has 1 unspecified atom stereocenters. The summed E-state index contributed by atoms with van der Waals surface area (Å²) in [4.78, 5) is 40.1. The Balaban J connectivity index is 1.86. The maximum absolute atomic E-state index is 13.6. The van der Waals surface area contributed by atoms with Crippen LogP contribution in [0.4, 0.5) is 0 Å². The van der Waals surface area contributed by atoms with Gasteiger partial charge in [-0.15, -0.1) is 0 Å². The average molecular weight is 391 g/mol. The summed E-state index contributed by atoms with van der Waals surface area (Å²) in [5.41, 5.74) is 1.92. The largest absolute Gasteiger partial charge is 0.467 e. The van der Waals surface area contributed by atoms with Gasteiger partial charge in [-0.3, -0.25) is 9.59 Å². The Hall–Kier alpha value is -3.48.